The number of carbonyl (C=O) groups excluding carboxylic acids is 5. The van der Waals surface area contributed by atoms with Crippen molar-refractivity contribution in [2.24, 2.45) is 0 Å². The molecule has 0 aliphatic rings. The van der Waals surface area contributed by atoms with Crippen LogP contribution in [0.2, 0.25) is 0 Å². The number of alkyl halides is 1. The SMILES string of the molecule is CC(=O)C(=O)[C@@](O)(C(C)=O)[C@](O)(C(C)=O)[C@](O)(C(C)=O)C(O)Br. The van der Waals surface area contributed by atoms with Gasteiger partial charge in [-0.05, 0) is 20.8 Å². The number of rotatable bonds is 8. The van der Waals surface area contributed by atoms with Gasteiger partial charge in [0.15, 0.2) is 28.7 Å². The molecule has 1 unspecified atom stereocenters. The smallest absolute Gasteiger partial charge is 0.240 e. The molecule has 0 rings (SSSR count). The number of hydrogen-bond acceptors (Lipinski definition) is 9. The number of aliphatic hydroxyl groups excluding tert-OH is 1. The van der Waals surface area contributed by atoms with Crippen molar-refractivity contribution in [2.45, 2.75) is 49.5 Å². The van der Waals surface area contributed by atoms with Crippen LogP contribution in [0.15, 0.2) is 0 Å². The summed E-state index contributed by atoms with van der Waals surface area (Å²) in [6, 6.07) is 0. The van der Waals surface area contributed by atoms with E-state index in [0.717, 1.165) is 0 Å². The highest BCUT2D eigenvalue weighted by Crippen LogP contribution is 2.40. The van der Waals surface area contributed by atoms with Gasteiger partial charge >= 0.3 is 0 Å². The number of aliphatic hydroxyl groups is 4. The number of ketones is 5. The van der Waals surface area contributed by atoms with Crippen LogP contribution in [-0.2, 0) is 24.0 Å². The molecule has 0 fully saturated rings. The Labute approximate surface area is 139 Å². The third kappa shape index (κ3) is 2.81. The van der Waals surface area contributed by atoms with Crippen molar-refractivity contribution >= 4 is 44.8 Å². The molecule has 0 saturated carbocycles. The Morgan fingerprint density at radius 3 is 1.39 bits per heavy atom. The average molecular weight is 397 g/mol. The topological polar surface area (TPSA) is 166 Å². The van der Waals surface area contributed by atoms with E-state index in [-0.39, 0.29) is 0 Å². The molecule has 0 heterocycles. The number of hydrogen-bond donors (Lipinski definition) is 4. The molecular weight excluding hydrogens is 380 g/mol. The van der Waals surface area contributed by atoms with Crippen LogP contribution in [0.3, 0.4) is 0 Å². The van der Waals surface area contributed by atoms with Gasteiger partial charge in [-0.3, -0.25) is 24.0 Å². The van der Waals surface area contributed by atoms with Crippen molar-refractivity contribution in [1.29, 1.82) is 0 Å². The summed E-state index contributed by atoms with van der Waals surface area (Å²) in [7, 11) is 0. The first kappa shape index (κ1) is 21.7. The summed E-state index contributed by atoms with van der Waals surface area (Å²) in [6.45, 7) is 2.41. The lowest BCUT2D eigenvalue weighted by Crippen LogP contribution is -2.80. The minimum absolute atomic E-state index is 0.560. The molecule has 9 nitrogen and oxygen atoms in total. The fraction of sp³-hybridized carbons (Fsp3) is 0.615. The normalized spacial score (nSPS) is 20.4. The van der Waals surface area contributed by atoms with E-state index in [1.807, 2.05) is 0 Å². The average Bonchev–Trinajstić information content (AvgIpc) is 2.42. The van der Waals surface area contributed by atoms with Crippen molar-refractivity contribution in [3.63, 3.8) is 0 Å². The Bertz CT molecular complexity index is 584. The third-order valence-corrected chi connectivity index (χ3v) is 4.29. The monoisotopic (exact) mass is 396 g/mol. The predicted octanol–water partition coefficient (Wildman–Crippen LogP) is -2.18. The van der Waals surface area contributed by atoms with E-state index in [1.54, 1.807) is 0 Å². The van der Waals surface area contributed by atoms with Crippen LogP contribution >= 0.6 is 15.9 Å². The van der Waals surface area contributed by atoms with Gasteiger partial charge in [0, 0.05) is 6.92 Å². The fourth-order valence-electron chi connectivity index (χ4n) is 2.23. The maximum Gasteiger partial charge on any atom is 0.240 e. The van der Waals surface area contributed by atoms with Gasteiger partial charge in [-0.25, -0.2) is 0 Å². The summed E-state index contributed by atoms with van der Waals surface area (Å²) in [6.07, 6.45) is 0. The van der Waals surface area contributed by atoms with Crippen LogP contribution in [0.25, 0.3) is 0 Å². The Hall–Kier alpha value is -1.33. The second-order valence-electron chi connectivity index (χ2n) is 5.08. The molecule has 0 amide bonds. The van der Waals surface area contributed by atoms with E-state index in [4.69, 9.17) is 0 Å². The lowest BCUT2D eigenvalue weighted by molar-refractivity contribution is -0.234. The zero-order chi connectivity index (χ0) is 19.0. The van der Waals surface area contributed by atoms with Crippen molar-refractivity contribution in [2.75, 3.05) is 0 Å². The molecule has 4 atom stereocenters. The Kier molecular flexibility index (Phi) is 6.27. The minimum atomic E-state index is -3.82. The van der Waals surface area contributed by atoms with Gasteiger partial charge in [0.1, 0.15) is 5.01 Å². The summed E-state index contributed by atoms with van der Waals surface area (Å²) < 4.78 is 0. The maximum atomic E-state index is 12.0. The summed E-state index contributed by atoms with van der Waals surface area (Å²) in [5, 5.41) is 38.6. The fourth-order valence-corrected chi connectivity index (χ4v) is 2.88. The Morgan fingerprint density at radius 1 is 0.826 bits per heavy atom. The molecule has 0 aromatic rings. The maximum absolute atomic E-state index is 12.0. The van der Waals surface area contributed by atoms with E-state index >= 15 is 0 Å². The van der Waals surface area contributed by atoms with Crippen LogP contribution in [0.5, 0.6) is 0 Å². The standard InChI is InChI=1S/C13H17BrO9/c1-5(15)9(19)11(21,6(2)16)13(23,8(4)18)12(22,7(3)17)10(14)20/h10,20-23H,1-4H3/t10?,11-,12-,13+/m0/s1. The van der Waals surface area contributed by atoms with Gasteiger partial charge in [-0.15, -0.1) is 0 Å². The van der Waals surface area contributed by atoms with Crippen molar-refractivity contribution in [1.82, 2.24) is 0 Å². The molecule has 0 radical (unpaired) electrons. The lowest BCUT2D eigenvalue weighted by atomic mass is 9.63. The largest absolute Gasteiger partial charge is 0.378 e. The first-order valence-electron chi connectivity index (χ1n) is 6.21. The molecule has 0 aromatic carbocycles. The number of carbonyl (C=O) groups is 5. The summed E-state index contributed by atoms with van der Waals surface area (Å²) in [4.78, 5) is 58.8. The zero-order valence-corrected chi connectivity index (χ0v) is 14.4. The molecule has 0 aliphatic heterocycles. The lowest BCUT2D eigenvalue weighted by Gasteiger charge is -2.47. The van der Waals surface area contributed by atoms with Crippen molar-refractivity contribution < 1.29 is 44.4 Å². The second kappa shape index (κ2) is 6.65. The first-order valence-corrected chi connectivity index (χ1v) is 7.12. The predicted molar refractivity (Wildman–Crippen MR) is 77.5 cm³/mol. The Balaban J connectivity index is 7.05. The van der Waals surface area contributed by atoms with Gasteiger partial charge in [-0.1, -0.05) is 15.9 Å². The highest BCUT2D eigenvalue weighted by molar-refractivity contribution is 9.09. The highest BCUT2D eigenvalue weighted by Gasteiger charge is 2.74. The summed E-state index contributed by atoms with van der Waals surface area (Å²) >= 11 is 2.38. The quantitative estimate of drug-likeness (QED) is 0.202. The van der Waals surface area contributed by atoms with E-state index < -0.39 is 50.7 Å². The van der Waals surface area contributed by atoms with Gasteiger partial charge in [0.05, 0.1) is 0 Å². The molecule has 0 aromatic heterocycles. The van der Waals surface area contributed by atoms with Crippen LogP contribution in [0.1, 0.15) is 27.7 Å². The van der Waals surface area contributed by atoms with Gasteiger partial charge in [-0.2, -0.15) is 0 Å². The molecule has 0 bridgehead atoms. The molecule has 0 saturated heterocycles. The van der Waals surface area contributed by atoms with Crippen LogP contribution in [0.4, 0.5) is 0 Å². The van der Waals surface area contributed by atoms with Gasteiger partial charge < -0.3 is 20.4 Å². The minimum Gasteiger partial charge on any atom is -0.378 e. The van der Waals surface area contributed by atoms with E-state index in [1.165, 1.54) is 0 Å². The third-order valence-electron chi connectivity index (χ3n) is 3.62. The second-order valence-corrected chi connectivity index (χ2v) is 5.94. The first-order chi connectivity index (χ1) is 10.1. The zero-order valence-electron chi connectivity index (χ0n) is 12.8. The van der Waals surface area contributed by atoms with Crippen molar-refractivity contribution in [3.8, 4) is 0 Å². The van der Waals surface area contributed by atoms with Gasteiger partial charge in [0.25, 0.3) is 0 Å². The van der Waals surface area contributed by atoms with E-state index in [2.05, 4.69) is 15.9 Å². The Morgan fingerprint density at radius 2 is 1.22 bits per heavy atom. The van der Waals surface area contributed by atoms with E-state index in [0.29, 0.717) is 27.7 Å². The number of Topliss-reactive ketones (excluding diaryl/α,β-unsaturated/α-hetero) is 5. The van der Waals surface area contributed by atoms with Crippen LogP contribution in [0, 0.1) is 0 Å². The van der Waals surface area contributed by atoms with Crippen molar-refractivity contribution in [3.05, 3.63) is 0 Å². The molecule has 10 heteroatoms. The molecule has 0 aliphatic carbocycles. The number of halogens is 1. The van der Waals surface area contributed by atoms with Crippen LogP contribution in [-0.4, -0.2) is 71.2 Å². The van der Waals surface area contributed by atoms with Gasteiger partial charge in [0.2, 0.25) is 17.0 Å². The summed E-state index contributed by atoms with van der Waals surface area (Å²) in [5.41, 5.74) is -11.1. The van der Waals surface area contributed by atoms with E-state index in [9.17, 15) is 44.4 Å². The molecule has 130 valence electrons. The molecule has 23 heavy (non-hydrogen) atoms. The molecular formula is C13H17BrO9. The highest BCUT2D eigenvalue weighted by atomic mass is 79.9. The molecule has 0 spiro atoms. The summed E-state index contributed by atoms with van der Waals surface area (Å²) in [5.74, 6) is -7.97. The molecule has 4 N–H and O–H groups in total. The van der Waals surface area contributed by atoms with Crippen LogP contribution < -0.4 is 0 Å².